The van der Waals surface area contributed by atoms with Crippen molar-refractivity contribution in [3.8, 4) is 11.6 Å². The number of carbonyl (C=O) groups is 1. The Balaban J connectivity index is 1.55. The lowest BCUT2D eigenvalue weighted by Gasteiger charge is -2.29. The van der Waals surface area contributed by atoms with Gasteiger partial charge in [-0.3, -0.25) is 0 Å². The number of benzene rings is 1. The number of hydrogen-bond acceptors (Lipinski definition) is 8. The van der Waals surface area contributed by atoms with Gasteiger partial charge in [0.05, 0.1) is 31.6 Å². The molecule has 35 heavy (non-hydrogen) atoms. The Morgan fingerprint density at radius 1 is 1.20 bits per heavy atom. The number of aromatic nitrogens is 2. The van der Waals surface area contributed by atoms with Gasteiger partial charge in [-0.1, -0.05) is 0 Å². The van der Waals surface area contributed by atoms with Gasteiger partial charge in [0.25, 0.3) is 0 Å². The van der Waals surface area contributed by atoms with Crippen molar-refractivity contribution in [1.29, 1.82) is 0 Å². The molecule has 5 N–H and O–H groups in total. The average molecular weight is 499 g/mol. The summed E-state index contributed by atoms with van der Waals surface area (Å²) in [6.45, 7) is -0.420. The molecule has 10 nitrogen and oxygen atoms in total. The van der Waals surface area contributed by atoms with Crippen molar-refractivity contribution in [1.82, 2.24) is 15.3 Å². The third kappa shape index (κ3) is 7.33. The Morgan fingerprint density at radius 3 is 2.57 bits per heavy atom. The maximum atomic E-state index is 13.2. The molecule has 192 valence electrons. The highest BCUT2D eigenvalue weighted by molar-refractivity contribution is 5.91. The molecule has 2 amide bonds. The van der Waals surface area contributed by atoms with Gasteiger partial charge in [0.15, 0.2) is 0 Å². The first-order valence-electron chi connectivity index (χ1n) is 11.0. The fourth-order valence-electron chi connectivity index (χ4n) is 3.80. The van der Waals surface area contributed by atoms with Gasteiger partial charge in [0.1, 0.15) is 11.9 Å². The second-order valence-electron chi connectivity index (χ2n) is 7.93. The summed E-state index contributed by atoms with van der Waals surface area (Å²) in [5, 5.41) is 26.3. The molecule has 1 heterocycles. The molecule has 1 fully saturated rings. The molecular formula is C22H28F3N5O5. The molecule has 0 bridgehead atoms. The summed E-state index contributed by atoms with van der Waals surface area (Å²) in [7, 11) is 1.25. The Hall–Kier alpha value is -3.32. The van der Waals surface area contributed by atoms with E-state index in [1.807, 2.05) is 0 Å². The van der Waals surface area contributed by atoms with Crippen LogP contribution in [0.4, 0.5) is 29.6 Å². The van der Waals surface area contributed by atoms with E-state index in [1.54, 1.807) is 12.3 Å². The highest BCUT2D eigenvalue weighted by atomic mass is 19.4. The van der Waals surface area contributed by atoms with Crippen LogP contribution in [0.15, 0.2) is 24.4 Å². The summed E-state index contributed by atoms with van der Waals surface area (Å²) in [6.07, 6.45) is -0.760. The molecule has 0 spiro atoms. The first-order chi connectivity index (χ1) is 16.7. The Morgan fingerprint density at radius 2 is 1.94 bits per heavy atom. The lowest BCUT2D eigenvalue weighted by atomic mass is 9.93. The van der Waals surface area contributed by atoms with E-state index >= 15 is 0 Å². The van der Waals surface area contributed by atoms with Gasteiger partial charge >= 0.3 is 12.2 Å². The van der Waals surface area contributed by atoms with Gasteiger partial charge in [-0.2, -0.15) is 18.2 Å². The van der Waals surface area contributed by atoms with E-state index in [0.717, 1.165) is 12.1 Å². The van der Waals surface area contributed by atoms with E-state index in [0.29, 0.717) is 44.1 Å². The number of aliphatic hydroxyl groups is 2. The Labute approximate surface area is 199 Å². The van der Waals surface area contributed by atoms with Crippen LogP contribution in [0, 0.1) is 0 Å². The summed E-state index contributed by atoms with van der Waals surface area (Å²) < 4.78 is 50.7. The summed E-state index contributed by atoms with van der Waals surface area (Å²) in [5.74, 6) is 0.703. The van der Waals surface area contributed by atoms with E-state index in [2.05, 4.69) is 25.9 Å². The molecule has 1 saturated carbocycles. The quantitative estimate of drug-likeness (QED) is 0.355. The van der Waals surface area contributed by atoms with Gasteiger partial charge in [-0.15, -0.1) is 0 Å². The standard InChI is InChI=1S/C22H28F3N5O5/c1-34-19-13(12-32)10-14(22(23,24)25)11-17(19)29-21(33)28-15-2-4-16(5-3-15)35-18-6-7-26-20(30-18)27-8-9-31/h6-7,10-11,15-16,31-32H,2-5,8-9,12H2,1H3,(H,26,27,30)(H2,28,29,33). The van der Waals surface area contributed by atoms with Gasteiger partial charge in [-0.25, -0.2) is 9.78 Å². The number of nitrogens with zero attached hydrogens (tertiary/aromatic N) is 2. The number of alkyl halides is 3. The number of hydrogen-bond donors (Lipinski definition) is 5. The summed E-state index contributed by atoms with van der Waals surface area (Å²) >= 11 is 0. The zero-order valence-corrected chi connectivity index (χ0v) is 19.1. The lowest BCUT2D eigenvalue weighted by molar-refractivity contribution is -0.137. The van der Waals surface area contributed by atoms with Gasteiger partial charge < -0.3 is 35.6 Å². The van der Waals surface area contributed by atoms with Crippen LogP contribution in [0.25, 0.3) is 0 Å². The third-order valence-corrected chi connectivity index (χ3v) is 5.44. The fourth-order valence-corrected chi connectivity index (χ4v) is 3.80. The topological polar surface area (TPSA) is 138 Å². The molecule has 1 aliphatic rings. The molecular weight excluding hydrogens is 471 g/mol. The van der Waals surface area contributed by atoms with Gasteiger partial charge in [0.2, 0.25) is 11.8 Å². The zero-order chi connectivity index (χ0) is 25.4. The minimum absolute atomic E-state index is 0.0366. The summed E-state index contributed by atoms with van der Waals surface area (Å²) in [6, 6.07) is 2.31. The number of urea groups is 1. The van der Waals surface area contributed by atoms with Crippen molar-refractivity contribution in [2.45, 2.75) is 50.6 Å². The number of carbonyl (C=O) groups excluding carboxylic acids is 1. The van der Waals surface area contributed by atoms with Crippen LogP contribution in [-0.4, -0.2) is 58.6 Å². The summed E-state index contributed by atoms with van der Waals surface area (Å²) in [4.78, 5) is 20.8. The fraction of sp³-hybridized carbons (Fsp3) is 0.500. The predicted octanol–water partition coefficient (Wildman–Crippen LogP) is 2.91. The van der Waals surface area contributed by atoms with Crippen molar-refractivity contribution in [3.05, 3.63) is 35.5 Å². The van der Waals surface area contributed by atoms with E-state index in [9.17, 15) is 23.1 Å². The highest BCUT2D eigenvalue weighted by Crippen LogP contribution is 2.38. The van der Waals surface area contributed by atoms with Crippen LogP contribution in [0.3, 0.4) is 0 Å². The molecule has 1 aromatic carbocycles. The third-order valence-electron chi connectivity index (χ3n) is 5.44. The van der Waals surface area contributed by atoms with Crippen molar-refractivity contribution in [2.75, 3.05) is 30.9 Å². The number of ether oxygens (including phenoxy) is 2. The molecule has 0 unspecified atom stereocenters. The second kappa shape index (κ2) is 11.9. The van der Waals surface area contributed by atoms with E-state index in [-0.39, 0.29) is 35.8 Å². The number of halogens is 3. The number of rotatable bonds is 9. The van der Waals surface area contributed by atoms with E-state index in [4.69, 9.17) is 14.6 Å². The van der Waals surface area contributed by atoms with Gasteiger partial charge in [0, 0.05) is 30.4 Å². The van der Waals surface area contributed by atoms with Crippen molar-refractivity contribution < 1.29 is 37.7 Å². The highest BCUT2D eigenvalue weighted by Gasteiger charge is 2.33. The molecule has 1 aliphatic carbocycles. The van der Waals surface area contributed by atoms with Crippen molar-refractivity contribution in [3.63, 3.8) is 0 Å². The van der Waals surface area contributed by atoms with Crippen LogP contribution >= 0.6 is 0 Å². The van der Waals surface area contributed by atoms with Crippen LogP contribution in [0.2, 0.25) is 0 Å². The summed E-state index contributed by atoms with van der Waals surface area (Å²) in [5.41, 5.74) is -1.28. The number of nitrogens with one attached hydrogen (secondary N) is 3. The molecule has 0 saturated heterocycles. The first kappa shape index (κ1) is 26.3. The molecule has 0 radical (unpaired) electrons. The van der Waals surface area contributed by atoms with Crippen LogP contribution < -0.4 is 25.4 Å². The molecule has 13 heteroatoms. The Bertz CT molecular complexity index is 1000. The second-order valence-corrected chi connectivity index (χ2v) is 7.93. The van der Waals surface area contributed by atoms with E-state index in [1.165, 1.54) is 7.11 Å². The maximum absolute atomic E-state index is 13.2. The Kier molecular flexibility index (Phi) is 8.93. The minimum atomic E-state index is -4.65. The smallest absolute Gasteiger partial charge is 0.416 e. The normalized spacial score (nSPS) is 18.0. The van der Waals surface area contributed by atoms with Gasteiger partial charge in [-0.05, 0) is 37.8 Å². The number of aliphatic hydroxyl groups excluding tert-OH is 2. The maximum Gasteiger partial charge on any atom is 0.416 e. The molecule has 0 atom stereocenters. The van der Waals surface area contributed by atoms with Crippen molar-refractivity contribution in [2.24, 2.45) is 0 Å². The molecule has 0 aliphatic heterocycles. The zero-order valence-electron chi connectivity index (χ0n) is 19.1. The molecule has 2 aromatic rings. The van der Waals surface area contributed by atoms with Crippen LogP contribution in [-0.2, 0) is 12.8 Å². The largest absolute Gasteiger partial charge is 0.494 e. The first-order valence-corrected chi connectivity index (χ1v) is 11.0. The molecule has 1 aromatic heterocycles. The minimum Gasteiger partial charge on any atom is -0.494 e. The number of amides is 2. The number of anilines is 2. The van der Waals surface area contributed by atoms with E-state index < -0.39 is 24.4 Å². The molecule has 3 rings (SSSR count). The monoisotopic (exact) mass is 499 g/mol. The van der Waals surface area contributed by atoms with Crippen LogP contribution in [0.1, 0.15) is 36.8 Å². The van der Waals surface area contributed by atoms with Crippen LogP contribution in [0.5, 0.6) is 11.6 Å². The lowest BCUT2D eigenvalue weighted by Crippen LogP contribution is -2.41. The predicted molar refractivity (Wildman–Crippen MR) is 120 cm³/mol. The van der Waals surface area contributed by atoms with Crippen molar-refractivity contribution >= 4 is 17.7 Å². The SMILES string of the molecule is COc1c(CO)cc(C(F)(F)F)cc1NC(=O)NC1CCC(Oc2ccnc(NCCO)n2)CC1. The number of methoxy groups -OCH3 is 1. The average Bonchev–Trinajstić information content (AvgIpc) is 2.83.